The third-order valence-corrected chi connectivity index (χ3v) is 5.46. The van der Waals surface area contributed by atoms with Gasteiger partial charge in [-0.15, -0.1) is 24.0 Å². The minimum absolute atomic E-state index is 0. The van der Waals surface area contributed by atoms with Gasteiger partial charge in [0.15, 0.2) is 5.96 Å². The molecule has 0 radical (unpaired) electrons. The van der Waals surface area contributed by atoms with Crippen LogP contribution in [0.25, 0.3) is 0 Å². The number of fused-ring (bicyclic) bond motifs is 1. The maximum absolute atomic E-state index is 6.11. The normalized spacial score (nSPS) is 15.5. The number of halogens is 3. The lowest BCUT2D eigenvalue weighted by molar-refractivity contribution is 0.254. The number of rotatable bonds is 5. The number of ether oxygens (including phenoxy) is 2. The van der Waals surface area contributed by atoms with E-state index in [2.05, 4.69) is 28.6 Å². The van der Waals surface area contributed by atoms with E-state index in [4.69, 9.17) is 32.7 Å². The number of methoxy groups -OCH3 is 1. The summed E-state index contributed by atoms with van der Waals surface area (Å²) in [6.45, 7) is 3.17. The number of nitrogens with zero attached hydrogens (tertiary/aromatic N) is 2. The minimum Gasteiger partial charge on any atom is -0.496 e. The van der Waals surface area contributed by atoms with Crippen LogP contribution in [0.15, 0.2) is 23.2 Å². The van der Waals surface area contributed by atoms with Gasteiger partial charge >= 0.3 is 0 Å². The van der Waals surface area contributed by atoms with Crippen LogP contribution in [0.1, 0.15) is 23.7 Å². The van der Waals surface area contributed by atoms with Gasteiger partial charge < -0.3 is 24.7 Å². The lowest BCUT2D eigenvalue weighted by Gasteiger charge is -2.15. The Hall–Kier alpha value is -1.32. The van der Waals surface area contributed by atoms with Crippen molar-refractivity contribution in [3.63, 3.8) is 0 Å². The predicted octanol–water partition coefficient (Wildman–Crippen LogP) is 4.15. The van der Waals surface area contributed by atoms with E-state index in [9.17, 15) is 0 Å². The van der Waals surface area contributed by atoms with Gasteiger partial charge in [-0.25, -0.2) is 0 Å². The van der Waals surface area contributed by atoms with E-state index >= 15 is 0 Å². The summed E-state index contributed by atoms with van der Waals surface area (Å²) >= 11 is 12.2. The van der Waals surface area contributed by atoms with Gasteiger partial charge in [-0.2, -0.15) is 0 Å². The summed E-state index contributed by atoms with van der Waals surface area (Å²) in [5, 5.41) is 7.62. The molecule has 0 saturated heterocycles. The van der Waals surface area contributed by atoms with E-state index < -0.39 is 0 Å². The fraction of sp³-hybridized carbons (Fsp3) is 0.421. The van der Waals surface area contributed by atoms with Gasteiger partial charge in [0, 0.05) is 43.9 Å². The quantitative estimate of drug-likeness (QED) is 0.341. The molecule has 2 N–H and O–H groups in total. The van der Waals surface area contributed by atoms with Crippen molar-refractivity contribution in [2.75, 3.05) is 14.2 Å². The molecule has 1 aliphatic heterocycles. The highest BCUT2D eigenvalue weighted by Crippen LogP contribution is 2.34. The second kappa shape index (κ2) is 9.93. The molecule has 6 nitrogen and oxygen atoms in total. The van der Waals surface area contributed by atoms with E-state index in [1.54, 1.807) is 14.2 Å². The predicted molar refractivity (Wildman–Crippen MR) is 125 cm³/mol. The van der Waals surface area contributed by atoms with Crippen molar-refractivity contribution >= 4 is 53.1 Å². The minimum atomic E-state index is 0. The van der Waals surface area contributed by atoms with Crippen molar-refractivity contribution in [2.45, 2.75) is 32.5 Å². The molecule has 154 valence electrons. The van der Waals surface area contributed by atoms with Crippen LogP contribution in [-0.4, -0.2) is 30.8 Å². The Kier molecular flexibility index (Phi) is 8.15. The molecule has 0 saturated carbocycles. The first kappa shape index (κ1) is 23.0. The van der Waals surface area contributed by atoms with Crippen molar-refractivity contribution < 1.29 is 9.47 Å². The average molecular weight is 539 g/mol. The second-order valence-corrected chi connectivity index (χ2v) is 7.28. The first-order valence-corrected chi connectivity index (χ1v) is 9.49. The van der Waals surface area contributed by atoms with E-state index in [1.807, 2.05) is 23.7 Å². The standard InChI is InChI=1S/C19H24Cl2N4O2.HI/c1-11-5-12-6-16(26-4)13(7-17(12)27-11)9-23-19(22-2)24-10-14-8-15(20)18(21)25(14)3;/h6-8,11H,5,9-10H2,1-4H3,(H2,22,23,24);1H. The van der Waals surface area contributed by atoms with Crippen molar-refractivity contribution in [2.24, 2.45) is 12.0 Å². The molecule has 0 spiro atoms. The van der Waals surface area contributed by atoms with Crippen LogP contribution >= 0.6 is 47.2 Å². The molecule has 1 unspecified atom stereocenters. The molecule has 3 rings (SSSR count). The van der Waals surface area contributed by atoms with Gasteiger partial charge in [0.1, 0.15) is 22.8 Å². The summed E-state index contributed by atoms with van der Waals surface area (Å²) in [6.07, 6.45) is 1.11. The second-order valence-electron chi connectivity index (χ2n) is 6.52. The van der Waals surface area contributed by atoms with Crippen molar-refractivity contribution in [1.29, 1.82) is 0 Å². The van der Waals surface area contributed by atoms with E-state index in [0.29, 0.717) is 29.2 Å². The van der Waals surface area contributed by atoms with Gasteiger partial charge in [0.2, 0.25) is 0 Å². The Morgan fingerprint density at radius 1 is 1.29 bits per heavy atom. The van der Waals surface area contributed by atoms with Crippen LogP contribution in [0.2, 0.25) is 10.2 Å². The molecular weight excluding hydrogens is 514 g/mol. The molecule has 1 atom stereocenters. The molecular formula is C19H25Cl2IN4O2. The summed E-state index contributed by atoms with van der Waals surface area (Å²) in [5.74, 6) is 2.44. The first-order chi connectivity index (χ1) is 12.9. The maximum Gasteiger partial charge on any atom is 0.191 e. The van der Waals surface area contributed by atoms with Crippen LogP contribution in [0.3, 0.4) is 0 Å². The van der Waals surface area contributed by atoms with Crippen LogP contribution in [0.5, 0.6) is 11.5 Å². The Balaban J connectivity index is 0.00000280. The Labute approximate surface area is 192 Å². The van der Waals surface area contributed by atoms with Crippen LogP contribution in [0.4, 0.5) is 0 Å². The van der Waals surface area contributed by atoms with Gasteiger partial charge in [-0.05, 0) is 25.1 Å². The molecule has 2 aromatic rings. The lowest BCUT2D eigenvalue weighted by atomic mass is 10.1. The molecule has 0 fully saturated rings. The largest absolute Gasteiger partial charge is 0.496 e. The number of aromatic nitrogens is 1. The zero-order valence-electron chi connectivity index (χ0n) is 16.3. The summed E-state index contributed by atoms with van der Waals surface area (Å²) in [5.41, 5.74) is 3.16. The highest BCUT2D eigenvalue weighted by Gasteiger charge is 2.21. The van der Waals surface area contributed by atoms with E-state index in [-0.39, 0.29) is 30.1 Å². The summed E-state index contributed by atoms with van der Waals surface area (Å²) in [4.78, 5) is 4.26. The number of nitrogens with one attached hydrogen (secondary N) is 2. The van der Waals surface area contributed by atoms with E-state index in [0.717, 1.165) is 29.2 Å². The number of hydrogen-bond donors (Lipinski definition) is 2. The molecule has 1 aliphatic rings. The number of guanidine groups is 1. The molecule has 28 heavy (non-hydrogen) atoms. The van der Waals surface area contributed by atoms with Gasteiger partial charge in [0.25, 0.3) is 0 Å². The van der Waals surface area contributed by atoms with Crippen LogP contribution in [-0.2, 0) is 26.6 Å². The van der Waals surface area contributed by atoms with Crippen LogP contribution < -0.4 is 20.1 Å². The van der Waals surface area contributed by atoms with Gasteiger partial charge in [-0.3, -0.25) is 4.99 Å². The highest BCUT2D eigenvalue weighted by atomic mass is 127. The zero-order valence-corrected chi connectivity index (χ0v) is 20.1. The molecule has 1 aromatic heterocycles. The first-order valence-electron chi connectivity index (χ1n) is 8.73. The van der Waals surface area contributed by atoms with Gasteiger partial charge in [0.05, 0.1) is 18.7 Å². The Morgan fingerprint density at radius 3 is 2.61 bits per heavy atom. The number of aliphatic imine (C=N–C) groups is 1. The monoisotopic (exact) mass is 538 g/mol. The third kappa shape index (κ3) is 4.99. The fourth-order valence-corrected chi connectivity index (χ4v) is 3.56. The van der Waals surface area contributed by atoms with Gasteiger partial charge in [-0.1, -0.05) is 23.2 Å². The number of hydrogen-bond acceptors (Lipinski definition) is 3. The molecule has 2 heterocycles. The van der Waals surface area contributed by atoms with Crippen molar-refractivity contribution in [3.05, 3.63) is 45.2 Å². The summed E-state index contributed by atoms with van der Waals surface area (Å²) < 4.78 is 13.2. The SMILES string of the molecule is CN=C(NCc1cc2c(cc1OC)CC(C)O2)NCc1cc(Cl)c(Cl)n1C.I. The third-order valence-electron chi connectivity index (χ3n) is 4.62. The van der Waals surface area contributed by atoms with Crippen molar-refractivity contribution in [3.8, 4) is 11.5 Å². The smallest absolute Gasteiger partial charge is 0.191 e. The average Bonchev–Trinajstić information content (AvgIpc) is 3.14. The summed E-state index contributed by atoms with van der Waals surface area (Å²) in [7, 11) is 5.28. The van der Waals surface area contributed by atoms with E-state index in [1.165, 1.54) is 5.56 Å². The van der Waals surface area contributed by atoms with Crippen LogP contribution in [0, 0.1) is 0 Å². The van der Waals surface area contributed by atoms with Crippen molar-refractivity contribution in [1.82, 2.24) is 15.2 Å². The zero-order chi connectivity index (χ0) is 19.6. The Bertz CT molecular complexity index is 870. The topological polar surface area (TPSA) is 59.8 Å². The lowest BCUT2D eigenvalue weighted by Crippen LogP contribution is -2.36. The molecule has 9 heteroatoms. The number of benzene rings is 1. The summed E-state index contributed by atoms with van der Waals surface area (Å²) in [6, 6.07) is 5.93. The Morgan fingerprint density at radius 2 is 2.00 bits per heavy atom. The highest BCUT2D eigenvalue weighted by molar-refractivity contribution is 14.0. The molecule has 0 aliphatic carbocycles. The molecule has 0 amide bonds. The fourth-order valence-electron chi connectivity index (χ4n) is 3.14. The molecule has 0 bridgehead atoms. The maximum atomic E-state index is 6.11. The molecule has 1 aromatic carbocycles.